The fourth-order valence-corrected chi connectivity index (χ4v) is 1.20. The Labute approximate surface area is 113 Å². The van der Waals surface area contributed by atoms with Crippen LogP contribution in [0.4, 0.5) is 0 Å². The second-order valence-electron chi connectivity index (χ2n) is 4.30. The van der Waals surface area contributed by atoms with Crippen molar-refractivity contribution < 1.29 is 15.3 Å². The van der Waals surface area contributed by atoms with Gasteiger partial charge in [0.1, 0.15) is 0 Å². The van der Waals surface area contributed by atoms with Crippen LogP contribution in [-0.2, 0) is 0 Å². The van der Waals surface area contributed by atoms with E-state index in [-0.39, 0.29) is 0 Å². The minimum atomic E-state index is -1.21. The summed E-state index contributed by atoms with van der Waals surface area (Å²) in [4.78, 5) is 0. The van der Waals surface area contributed by atoms with Gasteiger partial charge in [0.05, 0.1) is 25.4 Å². The Kier molecular flexibility index (Phi) is 8.97. The molecule has 0 aromatic heterocycles. The topological polar surface area (TPSA) is 86.7 Å². The second kappa shape index (κ2) is 9.30. The van der Waals surface area contributed by atoms with E-state index in [1.807, 2.05) is 18.2 Å². The maximum absolute atomic E-state index is 8.34. The Hall–Kier alpha value is -0.650. The van der Waals surface area contributed by atoms with E-state index >= 15 is 0 Å². The highest BCUT2D eigenvalue weighted by Gasteiger charge is 2.20. The van der Waals surface area contributed by atoms with Crippen LogP contribution < -0.4 is 5.73 Å². The normalized spacial score (nSPS) is 12.6. The lowest BCUT2D eigenvalue weighted by Gasteiger charge is -2.20. The molecule has 0 saturated carbocycles. The molecule has 0 aliphatic rings. The summed E-state index contributed by atoms with van der Waals surface area (Å²) in [7, 11) is 0. The van der Waals surface area contributed by atoms with E-state index in [4.69, 9.17) is 32.7 Å². The van der Waals surface area contributed by atoms with Crippen LogP contribution in [0.3, 0.4) is 0 Å². The Morgan fingerprint density at radius 1 is 1.11 bits per heavy atom. The average molecular weight is 276 g/mol. The number of halogens is 1. The molecule has 0 radical (unpaired) electrons. The zero-order chi connectivity index (χ0) is 14.0. The Morgan fingerprint density at radius 2 is 1.56 bits per heavy atom. The van der Waals surface area contributed by atoms with E-state index < -0.39 is 25.4 Å². The fraction of sp³-hybridized carbons (Fsp3) is 0.538. The summed E-state index contributed by atoms with van der Waals surface area (Å²) in [6, 6.07) is 10.3. The van der Waals surface area contributed by atoms with Gasteiger partial charge in [-0.05, 0) is 11.5 Å². The van der Waals surface area contributed by atoms with Gasteiger partial charge in [-0.2, -0.15) is 0 Å². The molecule has 104 valence electrons. The lowest BCUT2D eigenvalue weighted by atomic mass is 10.0. The van der Waals surface area contributed by atoms with E-state index in [2.05, 4.69) is 19.1 Å². The molecule has 0 fully saturated rings. The number of aliphatic hydroxyl groups excluding tert-OH is 3. The van der Waals surface area contributed by atoms with Gasteiger partial charge < -0.3 is 21.1 Å². The number of aliphatic hydroxyl groups is 3. The van der Waals surface area contributed by atoms with Gasteiger partial charge in [0.2, 0.25) is 0 Å². The highest BCUT2D eigenvalue weighted by atomic mass is 35.5. The molecule has 1 aromatic rings. The molecule has 0 bridgehead atoms. The molecule has 4 nitrogen and oxygen atoms in total. The van der Waals surface area contributed by atoms with Crippen molar-refractivity contribution in [1.82, 2.24) is 0 Å². The number of alkyl halides is 1. The van der Waals surface area contributed by atoms with Gasteiger partial charge in [-0.3, -0.25) is 0 Å². The first kappa shape index (κ1) is 17.4. The molecule has 1 atom stereocenters. The quantitative estimate of drug-likeness (QED) is 0.596. The van der Waals surface area contributed by atoms with Gasteiger partial charge in [0, 0.05) is 5.88 Å². The molecule has 5 heteroatoms. The largest absolute Gasteiger partial charge is 0.394 e. The van der Waals surface area contributed by atoms with E-state index in [1.165, 1.54) is 5.56 Å². The van der Waals surface area contributed by atoms with Gasteiger partial charge in [-0.15, -0.1) is 11.6 Å². The lowest BCUT2D eigenvalue weighted by molar-refractivity contribution is 0.0698. The van der Waals surface area contributed by atoms with Crippen molar-refractivity contribution in [3.63, 3.8) is 0 Å². The number of hydrogen-bond donors (Lipinski definition) is 4. The molecular weight excluding hydrogens is 254 g/mol. The molecular formula is C13H22ClNO3. The number of nitrogens with two attached hydrogens (primary N) is 1. The summed E-state index contributed by atoms with van der Waals surface area (Å²) >= 11 is 5.69. The summed E-state index contributed by atoms with van der Waals surface area (Å²) in [5, 5.41) is 25.0. The highest BCUT2D eigenvalue weighted by Crippen LogP contribution is 2.14. The molecule has 1 unspecified atom stereocenters. The summed E-state index contributed by atoms with van der Waals surface area (Å²) in [5.41, 5.74) is 5.25. The first-order chi connectivity index (χ1) is 8.52. The van der Waals surface area contributed by atoms with Crippen molar-refractivity contribution in [2.45, 2.75) is 18.4 Å². The van der Waals surface area contributed by atoms with Gasteiger partial charge in [0.25, 0.3) is 0 Å². The first-order valence-corrected chi connectivity index (χ1v) is 6.28. The van der Waals surface area contributed by atoms with E-state index in [1.54, 1.807) is 0 Å². The zero-order valence-corrected chi connectivity index (χ0v) is 11.3. The van der Waals surface area contributed by atoms with Crippen molar-refractivity contribution in [2.75, 3.05) is 25.7 Å². The minimum absolute atomic E-state index is 0.403. The molecule has 0 spiro atoms. The minimum Gasteiger partial charge on any atom is -0.394 e. The van der Waals surface area contributed by atoms with Crippen LogP contribution in [0.25, 0.3) is 0 Å². The summed E-state index contributed by atoms with van der Waals surface area (Å²) in [6.45, 7) is 0.919. The third-order valence-corrected chi connectivity index (χ3v) is 3.01. The van der Waals surface area contributed by atoms with Crippen LogP contribution in [-0.4, -0.2) is 46.6 Å². The number of hydrogen-bond acceptors (Lipinski definition) is 4. The Bertz CT molecular complexity index is 296. The van der Waals surface area contributed by atoms with Gasteiger partial charge in [-0.1, -0.05) is 37.3 Å². The molecule has 18 heavy (non-hydrogen) atoms. The van der Waals surface area contributed by atoms with Crippen LogP contribution in [0.15, 0.2) is 30.3 Å². The van der Waals surface area contributed by atoms with E-state index in [9.17, 15) is 0 Å². The smallest absolute Gasteiger partial charge is 0.0856 e. The van der Waals surface area contributed by atoms with Crippen LogP contribution in [0.2, 0.25) is 0 Å². The molecule has 0 aliphatic heterocycles. The van der Waals surface area contributed by atoms with Gasteiger partial charge in [-0.25, -0.2) is 0 Å². The standard InChI is InChI=1S/C9H11Cl.C4H11NO3/c1-8(7-10)9-5-3-2-4-6-9;5-4(1-6,2-7)3-8/h2-6,8H,7H2,1H3;6-8H,1-3,5H2. The van der Waals surface area contributed by atoms with Crippen LogP contribution in [0.1, 0.15) is 18.4 Å². The van der Waals surface area contributed by atoms with Crippen molar-refractivity contribution >= 4 is 11.6 Å². The van der Waals surface area contributed by atoms with Crippen LogP contribution in [0.5, 0.6) is 0 Å². The Morgan fingerprint density at radius 3 is 1.83 bits per heavy atom. The first-order valence-electron chi connectivity index (χ1n) is 5.75. The molecule has 0 amide bonds. The monoisotopic (exact) mass is 275 g/mol. The number of benzene rings is 1. The third kappa shape index (κ3) is 6.33. The molecule has 1 aromatic carbocycles. The fourth-order valence-electron chi connectivity index (χ4n) is 1.02. The molecule has 0 heterocycles. The van der Waals surface area contributed by atoms with E-state index in [0.717, 1.165) is 0 Å². The summed E-state index contributed by atoms with van der Waals surface area (Å²) in [5.74, 6) is 1.17. The molecule has 0 saturated heterocycles. The maximum Gasteiger partial charge on any atom is 0.0856 e. The zero-order valence-electron chi connectivity index (χ0n) is 10.6. The second-order valence-corrected chi connectivity index (χ2v) is 4.61. The molecule has 0 aliphatic carbocycles. The third-order valence-electron chi connectivity index (χ3n) is 2.54. The maximum atomic E-state index is 8.34. The van der Waals surface area contributed by atoms with Gasteiger partial charge >= 0.3 is 0 Å². The summed E-state index contributed by atoms with van der Waals surface area (Å²) < 4.78 is 0. The van der Waals surface area contributed by atoms with Crippen molar-refractivity contribution in [1.29, 1.82) is 0 Å². The molecule has 1 rings (SSSR count). The van der Waals surface area contributed by atoms with Crippen LogP contribution in [0, 0.1) is 0 Å². The molecule has 5 N–H and O–H groups in total. The van der Waals surface area contributed by atoms with Gasteiger partial charge in [0.15, 0.2) is 0 Å². The lowest BCUT2D eigenvalue weighted by Crippen LogP contribution is -2.50. The van der Waals surface area contributed by atoms with Crippen molar-refractivity contribution in [3.8, 4) is 0 Å². The Balaban J connectivity index is 0.000000331. The predicted molar refractivity (Wildman–Crippen MR) is 73.8 cm³/mol. The van der Waals surface area contributed by atoms with Crippen LogP contribution >= 0.6 is 11.6 Å². The highest BCUT2D eigenvalue weighted by molar-refractivity contribution is 6.18. The van der Waals surface area contributed by atoms with Crippen molar-refractivity contribution in [2.24, 2.45) is 5.73 Å². The summed E-state index contributed by atoms with van der Waals surface area (Å²) in [6.07, 6.45) is 0. The average Bonchev–Trinajstić information content (AvgIpc) is 2.47. The van der Waals surface area contributed by atoms with Crippen molar-refractivity contribution in [3.05, 3.63) is 35.9 Å². The number of rotatable bonds is 5. The van der Waals surface area contributed by atoms with E-state index in [0.29, 0.717) is 11.8 Å². The predicted octanol–water partition coefficient (Wildman–Crippen LogP) is 0.690. The SMILES string of the molecule is CC(CCl)c1ccccc1.NC(CO)(CO)CO.